The van der Waals surface area contributed by atoms with Gasteiger partial charge in [0.25, 0.3) is 0 Å². The quantitative estimate of drug-likeness (QED) is 0.827. The molecule has 0 bridgehead atoms. The normalized spacial score (nSPS) is 19.9. The summed E-state index contributed by atoms with van der Waals surface area (Å²) in [4.78, 5) is 2.39. The molecule has 0 amide bonds. The van der Waals surface area contributed by atoms with Crippen LogP contribution in [0.15, 0.2) is 16.5 Å². The molecule has 0 spiro atoms. The fourth-order valence-corrected chi connectivity index (χ4v) is 2.05. The van der Waals surface area contributed by atoms with Gasteiger partial charge in [0, 0.05) is 32.1 Å². The molecule has 1 aliphatic rings. The lowest BCUT2D eigenvalue weighted by Gasteiger charge is -2.29. The standard InChI is InChI=1S/C12H20N2O2/c1-10-2-3-12(16-10)11(8-13)9-14-4-6-15-7-5-14/h2-3,11H,4-9,13H2,1H3. The van der Waals surface area contributed by atoms with Gasteiger partial charge in [0.2, 0.25) is 0 Å². The van der Waals surface area contributed by atoms with Gasteiger partial charge in [0.1, 0.15) is 11.5 Å². The van der Waals surface area contributed by atoms with Gasteiger partial charge in [-0.25, -0.2) is 0 Å². The van der Waals surface area contributed by atoms with Gasteiger partial charge >= 0.3 is 0 Å². The lowest BCUT2D eigenvalue weighted by Crippen LogP contribution is -2.40. The molecule has 2 heterocycles. The Balaban J connectivity index is 1.94. The van der Waals surface area contributed by atoms with Gasteiger partial charge in [-0.05, 0) is 19.1 Å². The predicted octanol–water partition coefficient (Wildman–Crippen LogP) is 0.963. The zero-order valence-corrected chi connectivity index (χ0v) is 9.82. The Morgan fingerprint density at radius 2 is 2.12 bits per heavy atom. The molecule has 0 aromatic carbocycles. The molecule has 2 N–H and O–H groups in total. The van der Waals surface area contributed by atoms with Crippen LogP contribution in [-0.4, -0.2) is 44.3 Å². The van der Waals surface area contributed by atoms with Crippen molar-refractivity contribution in [3.8, 4) is 0 Å². The van der Waals surface area contributed by atoms with Crippen molar-refractivity contribution in [3.63, 3.8) is 0 Å². The molecular formula is C12H20N2O2. The summed E-state index contributed by atoms with van der Waals surface area (Å²) in [5.74, 6) is 2.26. The van der Waals surface area contributed by atoms with Crippen molar-refractivity contribution in [1.29, 1.82) is 0 Å². The molecule has 4 heteroatoms. The molecule has 0 saturated carbocycles. The number of rotatable bonds is 4. The number of hydrogen-bond acceptors (Lipinski definition) is 4. The van der Waals surface area contributed by atoms with Crippen molar-refractivity contribution < 1.29 is 9.15 Å². The van der Waals surface area contributed by atoms with E-state index in [1.54, 1.807) is 0 Å². The highest BCUT2D eigenvalue weighted by atomic mass is 16.5. The monoisotopic (exact) mass is 224 g/mol. The van der Waals surface area contributed by atoms with Gasteiger partial charge < -0.3 is 14.9 Å². The van der Waals surface area contributed by atoms with Crippen LogP contribution in [0.25, 0.3) is 0 Å². The van der Waals surface area contributed by atoms with Gasteiger partial charge in [0.15, 0.2) is 0 Å². The van der Waals surface area contributed by atoms with E-state index in [2.05, 4.69) is 4.90 Å². The molecule has 1 atom stereocenters. The smallest absolute Gasteiger partial charge is 0.109 e. The third-order valence-electron chi connectivity index (χ3n) is 3.03. The summed E-state index contributed by atoms with van der Waals surface area (Å²) < 4.78 is 11.0. The molecule has 1 aromatic heterocycles. The highest BCUT2D eigenvalue weighted by Gasteiger charge is 2.19. The number of furan rings is 1. The van der Waals surface area contributed by atoms with Crippen LogP contribution in [-0.2, 0) is 4.74 Å². The summed E-state index contributed by atoms with van der Waals surface area (Å²) in [5, 5.41) is 0. The van der Waals surface area contributed by atoms with Crippen LogP contribution in [0, 0.1) is 6.92 Å². The third kappa shape index (κ3) is 2.84. The number of ether oxygens (including phenoxy) is 1. The highest BCUT2D eigenvalue weighted by molar-refractivity contribution is 5.11. The lowest BCUT2D eigenvalue weighted by atomic mass is 10.1. The van der Waals surface area contributed by atoms with Crippen molar-refractivity contribution in [3.05, 3.63) is 23.7 Å². The summed E-state index contributed by atoms with van der Waals surface area (Å²) in [7, 11) is 0. The average molecular weight is 224 g/mol. The molecule has 90 valence electrons. The number of aryl methyl sites for hydroxylation is 1. The summed E-state index contributed by atoms with van der Waals surface area (Å²) in [5.41, 5.74) is 5.81. The first-order valence-electron chi connectivity index (χ1n) is 5.86. The van der Waals surface area contributed by atoms with Crippen LogP contribution in [0.4, 0.5) is 0 Å². The second-order valence-electron chi connectivity index (χ2n) is 4.29. The summed E-state index contributed by atoms with van der Waals surface area (Å²) in [6.07, 6.45) is 0. The third-order valence-corrected chi connectivity index (χ3v) is 3.03. The first kappa shape index (κ1) is 11.6. The van der Waals surface area contributed by atoms with Crippen molar-refractivity contribution in [2.45, 2.75) is 12.8 Å². The number of morpholine rings is 1. The number of nitrogens with zero attached hydrogens (tertiary/aromatic N) is 1. The molecule has 1 unspecified atom stereocenters. The topological polar surface area (TPSA) is 51.6 Å². The molecule has 4 nitrogen and oxygen atoms in total. The second kappa shape index (κ2) is 5.48. The zero-order valence-electron chi connectivity index (χ0n) is 9.82. The van der Waals surface area contributed by atoms with E-state index >= 15 is 0 Å². The van der Waals surface area contributed by atoms with E-state index in [0.717, 1.165) is 44.4 Å². The number of nitrogens with two attached hydrogens (primary N) is 1. The van der Waals surface area contributed by atoms with Gasteiger partial charge in [-0.15, -0.1) is 0 Å². The maximum absolute atomic E-state index is 5.81. The molecular weight excluding hydrogens is 204 g/mol. The SMILES string of the molecule is Cc1ccc(C(CN)CN2CCOCC2)o1. The Bertz CT molecular complexity index is 319. The molecule has 2 rings (SSSR count). The zero-order chi connectivity index (χ0) is 11.4. The van der Waals surface area contributed by atoms with Gasteiger partial charge in [-0.2, -0.15) is 0 Å². The molecule has 0 radical (unpaired) electrons. The Kier molecular flexibility index (Phi) is 3.98. The largest absolute Gasteiger partial charge is 0.466 e. The van der Waals surface area contributed by atoms with E-state index in [0.29, 0.717) is 12.5 Å². The molecule has 1 saturated heterocycles. The van der Waals surface area contributed by atoms with E-state index in [1.165, 1.54) is 0 Å². The molecule has 1 aliphatic heterocycles. The van der Waals surface area contributed by atoms with Gasteiger partial charge in [0.05, 0.1) is 13.2 Å². The van der Waals surface area contributed by atoms with Crippen LogP contribution in [0.5, 0.6) is 0 Å². The van der Waals surface area contributed by atoms with Crippen molar-refractivity contribution in [2.24, 2.45) is 5.73 Å². The van der Waals surface area contributed by atoms with E-state index < -0.39 is 0 Å². The molecule has 0 aliphatic carbocycles. The minimum atomic E-state index is 0.298. The molecule has 1 aromatic rings. The fourth-order valence-electron chi connectivity index (χ4n) is 2.05. The Hall–Kier alpha value is -0.840. The van der Waals surface area contributed by atoms with E-state index in [-0.39, 0.29) is 0 Å². The summed E-state index contributed by atoms with van der Waals surface area (Å²) >= 11 is 0. The molecule has 1 fully saturated rings. The minimum absolute atomic E-state index is 0.298. The average Bonchev–Trinajstić information content (AvgIpc) is 2.74. The Morgan fingerprint density at radius 3 is 2.69 bits per heavy atom. The molecule has 16 heavy (non-hydrogen) atoms. The Morgan fingerprint density at radius 1 is 1.38 bits per heavy atom. The van der Waals surface area contributed by atoms with Gasteiger partial charge in [-0.1, -0.05) is 0 Å². The van der Waals surface area contributed by atoms with Crippen molar-refractivity contribution >= 4 is 0 Å². The van der Waals surface area contributed by atoms with E-state index in [1.807, 2.05) is 19.1 Å². The van der Waals surface area contributed by atoms with E-state index in [9.17, 15) is 0 Å². The first-order chi connectivity index (χ1) is 7.79. The predicted molar refractivity (Wildman–Crippen MR) is 62.5 cm³/mol. The maximum atomic E-state index is 5.81. The Labute approximate surface area is 96.4 Å². The fraction of sp³-hybridized carbons (Fsp3) is 0.667. The van der Waals surface area contributed by atoms with Crippen molar-refractivity contribution in [2.75, 3.05) is 39.4 Å². The van der Waals surface area contributed by atoms with Crippen LogP contribution in [0.1, 0.15) is 17.4 Å². The number of hydrogen-bond donors (Lipinski definition) is 1. The van der Waals surface area contributed by atoms with Crippen molar-refractivity contribution in [1.82, 2.24) is 4.90 Å². The first-order valence-corrected chi connectivity index (χ1v) is 5.86. The van der Waals surface area contributed by atoms with Crippen LogP contribution in [0.3, 0.4) is 0 Å². The van der Waals surface area contributed by atoms with Crippen LogP contribution < -0.4 is 5.73 Å². The van der Waals surface area contributed by atoms with E-state index in [4.69, 9.17) is 14.9 Å². The maximum Gasteiger partial charge on any atom is 0.109 e. The van der Waals surface area contributed by atoms with Crippen LogP contribution in [0.2, 0.25) is 0 Å². The lowest BCUT2D eigenvalue weighted by molar-refractivity contribution is 0.0344. The summed E-state index contributed by atoms with van der Waals surface area (Å²) in [6, 6.07) is 4.03. The van der Waals surface area contributed by atoms with Crippen LogP contribution >= 0.6 is 0 Å². The van der Waals surface area contributed by atoms with Gasteiger partial charge in [-0.3, -0.25) is 4.90 Å². The minimum Gasteiger partial charge on any atom is -0.466 e. The second-order valence-corrected chi connectivity index (χ2v) is 4.29. The highest BCUT2D eigenvalue weighted by Crippen LogP contribution is 2.19. The summed E-state index contributed by atoms with van der Waals surface area (Å²) in [6.45, 7) is 7.21.